The predicted molar refractivity (Wildman–Crippen MR) is 102 cm³/mol. The van der Waals surface area contributed by atoms with Crippen molar-refractivity contribution in [2.45, 2.75) is 38.1 Å². The van der Waals surface area contributed by atoms with Crippen molar-refractivity contribution in [3.8, 4) is 5.75 Å². The van der Waals surface area contributed by atoms with Gasteiger partial charge < -0.3 is 15.4 Å². The van der Waals surface area contributed by atoms with Gasteiger partial charge in [-0.1, -0.05) is 18.2 Å². The Kier molecular flexibility index (Phi) is 4.93. The summed E-state index contributed by atoms with van der Waals surface area (Å²) in [6.45, 7) is 4.64. The minimum Gasteiger partial charge on any atom is -0.493 e. The van der Waals surface area contributed by atoms with E-state index in [0.717, 1.165) is 51.2 Å². The summed E-state index contributed by atoms with van der Waals surface area (Å²) in [6, 6.07) is 9.97. The number of rotatable bonds is 6. The van der Waals surface area contributed by atoms with E-state index in [1.165, 1.54) is 12.8 Å². The third-order valence-corrected chi connectivity index (χ3v) is 6.59. The topological polar surface area (TPSA) is 53.6 Å². The minimum atomic E-state index is 0.0268. The van der Waals surface area contributed by atoms with Gasteiger partial charge in [-0.05, 0) is 69.8 Å². The van der Waals surface area contributed by atoms with Gasteiger partial charge in [-0.2, -0.15) is 0 Å². The summed E-state index contributed by atoms with van der Waals surface area (Å²) in [5.41, 5.74) is 0.477. The summed E-state index contributed by atoms with van der Waals surface area (Å²) in [7, 11) is 2.10. The van der Waals surface area contributed by atoms with Crippen LogP contribution in [-0.2, 0) is 4.79 Å². The lowest BCUT2D eigenvalue weighted by atomic mass is 9.77. The highest BCUT2D eigenvalue weighted by Gasteiger charge is 2.47. The molecule has 1 atom stereocenters. The SMILES string of the molecule is CN1CC2(CCNCC2)C[C@@H]1C(=O)NCC1(COc2ccccc2)CC1. The average molecular weight is 357 g/mol. The molecule has 1 aromatic carbocycles. The number of hydrogen-bond acceptors (Lipinski definition) is 4. The van der Waals surface area contributed by atoms with Crippen LogP contribution in [-0.4, -0.2) is 56.7 Å². The lowest BCUT2D eigenvalue weighted by Gasteiger charge is -2.33. The van der Waals surface area contributed by atoms with Crippen LogP contribution in [0.1, 0.15) is 32.1 Å². The lowest BCUT2D eigenvalue weighted by Crippen LogP contribution is -2.44. The first-order valence-electron chi connectivity index (χ1n) is 9.97. The van der Waals surface area contributed by atoms with Crippen molar-refractivity contribution in [3.05, 3.63) is 30.3 Å². The highest BCUT2D eigenvalue weighted by atomic mass is 16.5. The van der Waals surface area contributed by atoms with Crippen LogP contribution in [0.15, 0.2) is 30.3 Å². The van der Waals surface area contributed by atoms with Gasteiger partial charge in [0.1, 0.15) is 5.75 Å². The Bertz CT molecular complexity index is 623. The molecule has 1 saturated carbocycles. The highest BCUT2D eigenvalue weighted by Crippen LogP contribution is 2.46. The van der Waals surface area contributed by atoms with E-state index in [4.69, 9.17) is 4.74 Å². The molecule has 0 radical (unpaired) electrons. The zero-order valence-corrected chi connectivity index (χ0v) is 15.8. The molecule has 2 aliphatic heterocycles. The Balaban J connectivity index is 1.27. The van der Waals surface area contributed by atoms with E-state index in [9.17, 15) is 4.79 Å². The van der Waals surface area contributed by atoms with Gasteiger partial charge in [0.2, 0.25) is 5.91 Å². The van der Waals surface area contributed by atoms with Gasteiger partial charge in [-0.3, -0.25) is 9.69 Å². The molecule has 1 aliphatic carbocycles. The number of carbonyl (C=O) groups is 1. The summed E-state index contributed by atoms with van der Waals surface area (Å²) in [6.07, 6.45) is 5.66. The Labute approximate surface area is 156 Å². The number of likely N-dealkylation sites (N-methyl/N-ethyl adjacent to an activating group) is 1. The summed E-state index contributed by atoms with van der Waals surface area (Å²) in [5.74, 6) is 1.11. The fourth-order valence-electron chi connectivity index (χ4n) is 4.58. The number of para-hydroxylation sites is 1. The first-order valence-corrected chi connectivity index (χ1v) is 9.97. The highest BCUT2D eigenvalue weighted by molar-refractivity contribution is 5.82. The van der Waals surface area contributed by atoms with Gasteiger partial charge in [0.15, 0.2) is 0 Å². The maximum atomic E-state index is 12.8. The van der Waals surface area contributed by atoms with Gasteiger partial charge in [0.25, 0.3) is 0 Å². The molecule has 5 nitrogen and oxygen atoms in total. The number of nitrogens with one attached hydrogen (secondary N) is 2. The molecule has 3 aliphatic rings. The van der Waals surface area contributed by atoms with Crippen LogP contribution in [0.5, 0.6) is 5.75 Å². The van der Waals surface area contributed by atoms with Crippen molar-refractivity contribution < 1.29 is 9.53 Å². The maximum Gasteiger partial charge on any atom is 0.237 e. The number of amides is 1. The van der Waals surface area contributed by atoms with E-state index in [2.05, 4.69) is 22.6 Å². The molecule has 2 N–H and O–H groups in total. The Hall–Kier alpha value is -1.59. The lowest BCUT2D eigenvalue weighted by molar-refractivity contribution is -0.125. The largest absolute Gasteiger partial charge is 0.493 e. The molecule has 26 heavy (non-hydrogen) atoms. The Morgan fingerprint density at radius 1 is 1.23 bits per heavy atom. The van der Waals surface area contributed by atoms with Crippen molar-refractivity contribution in [3.63, 3.8) is 0 Å². The maximum absolute atomic E-state index is 12.8. The second-order valence-corrected chi connectivity index (χ2v) is 8.70. The van der Waals surface area contributed by atoms with Crippen molar-refractivity contribution in [2.75, 3.05) is 39.8 Å². The third kappa shape index (κ3) is 3.89. The third-order valence-electron chi connectivity index (χ3n) is 6.59. The van der Waals surface area contributed by atoms with Gasteiger partial charge >= 0.3 is 0 Å². The number of nitrogens with zero attached hydrogens (tertiary/aromatic N) is 1. The van der Waals surface area contributed by atoms with Crippen LogP contribution in [0.25, 0.3) is 0 Å². The van der Waals surface area contributed by atoms with E-state index in [0.29, 0.717) is 12.0 Å². The number of carbonyl (C=O) groups excluding carboxylic acids is 1. The van der Waals surface area contributed by atoms with E-state index >= 15 is 0 Å². The molecule has 1 aromatic rings. The van der Waals surface area contributed by atoms with Gasteiger partial charge in [-0.25, -0.2) is 0 Å². The average Bonchev–Trinajstić information content (AvgIpc) is 3.37. The molecule has 3 fully saturated rings. The predicted octanol–water partition coefficient (Wildman–Crippen LogP) is 2.04. The second kappa shape index (κ2) is 7.20. The van der Waals surface area contributed by atoms with E-state index in [-0.39, 0.29) is 17.4 Å². The molecule has 2 saturated heterocycles. The molecular formula is C21H31N3O2. The Morgan fingerprint density at radius 2 is 1.96 bits per heavy atom. The zero-order chi connectivity index (χ0) is 18.0. The molecule has 4 rings (SSSR count). The molecule has 0 bridgehead atoms. The van der Waals surface area contributed by atoms with Crippen molar-refractivity contribution >= 4 is 5.91 Å². The normalized spacial score (nSPS) is 26.6. The standard InChI is InChI=1S/C21H31N3O2/c1-24-15-20(9-11-22-12-10-20)13-18(24)19(25)23-14-21(7-8-21)16-26-17-5-3-2-4-6-17/h2-6,18,22H,7-16H2,1H3,(H,23,25)/t18-/m1/s1. The smallest absolute Gasteiger partial charge is 0.237 e. The van der Waals surface area contributed by atoms with Crippen molar-refractivity contribution in [1.29, 1.82) is 0 Å². The molecular weight excluding hydrogens is 326 g/mol. The van der Waals surface area contributed by atoms with E-state index < -0.39 is 0 Å². The molecule has 1 amide bonds. The molecule has 142 valence electrons. The monoisotopic (exact) mass is 357 g/mol. The molecule has 1 spiro atoms. The Morgan fingerprint density at radius 3 is 2.65 bits per heavy atom. The summed E-state index contributed by atoms with van der Waals surface area (Å²) >= 11 is 0. The number of piperidine rings is 1. The van der Waals surface area contributed by atoms with Crippen LogP contribution >= 0.6 is 0 Å². The van der Waals surface area contributed by atoms with E-state index in [1.807, 2.05) is 30.3 Å². The van der Waals surface area contributed by atoms with Gasteiger partial charge in [-0.15, -0.1) is 0 Å². The molecule has 0 unspecified atom stereocenters. The first kappa shape index (κ1) is 17.8. The van der Waals surface area contributed by atoms with Crippen molar-refractivity contribution in [2.24, 2.45) is 10.8 Å². The van der Waals surface area contributed by atoms with Crippen LogP contribution in [0.3, 0.4) is 0 Å². The number of likely N-dealkylation sites (tertiary alicyclic amines) is 1. The number of hydrogen-bond donors (Lipinski definition) is 2. The number of benzene rings is 1. The fourth-order valence-corrected chi connectivity index (χ4v) is 4.58. The summed E-state index contributed by atoms with van der Waals surface area (Å²) < 4.78 is 5.93. The van der Waals surface area contributed by atoms with Crippen LogP contribution in [0.2, 0.25) is 0 Å². The van der Waals surface area contributed by atoms with Crippen molar-refractivity contribution in [1.82, 2.24) is 15.5 Å². The first-order chi connectivity index (χ1) is 12.6. The second-order valence-electron chi connectivity index (χ2n) is 8.70. The molecule has 5 heteroatoms. The van der Waals surface area contributed by atoms with Crippen LogP contribution < -0.4 is 15.4 Å². The minimum absolute atomic E-state index is 0.0268. The van der Waals surface area contributed by atoms with Crippen LogP contribution in [0.4, 0.5) is 0 Å². The fraction of sp³-hybridized carbons (Fsp3) is 0.667. The molecule has 2 heterocycles. The number of ether oxygens (including phenoxy) is 1. The summed E-state index contributed by atoms with van der Waals surface area (Å²) in [5, 5.41) is 6.68. The zero-order valence-electron chi connectivity index (χ0n) is 15.8. The van der Waals surface area contributed by atoms with Gasteiger partial charge in [0.05, 0.1) is 12.6 Å². The molecule has 0 aromatic heterocycles. The van der Waals surface area contributed by atoms with E-state index in [1.54, 1.807) is 0 Å². The van der Waals surface area contributed by atoms with Crippen LogP contribution in [0, 0.1) is 10.8 Å². The summed E-state index contributed by atoms with van der Waals surface area (Å²) in [4.78, 5) is 15.1. The van der Waals surface area contributed by atoms with Gasteiger partial charge in [0, 0.05) is 18.5 Å². The quantitative estimate of drug-likeness (QED) is 0.818.